The van der Waals surface area contributed by atoms with Gasteiger partial charge in [0.15, 0.2) is 0 Å². The van der Waals surface area contributed by atoms with Gasteiger partial charge in [0.05, 0.1) is 32.0 Å². The third-order valence-electron chi connectivity index (χ3n) is 4.85. The maximum absolute atomic E-state index is 9.80. The number of aryl methyl sites for hydroxylation is 1. The largest absolute Gasteiger partial charge is 0.378 e. The summed E-state index contributed by atoms with van der Waals surface area (Å²) in [5, 5.41) is 10.6. The van der Waals surface area contributed by atoms with Crippen molar-refractivity contribution >= 4 is 17.6 Å². The predicted octanol–water partition coefficient (Wildman–Crippen LogP) is 2.59. The van der Waals surface area contributed by atoms with Crippen LogP contribution in [0.2, 0.25) is 0 Å². The van der Waals surface area contributed by atoms with Gasteiger partial charge in [-0.3, -0.25) is 4.98 Å². The lowest BCUT2D eigenvalue weighted by Crippen LogP contribution is -2.38. The lowest BCUT2D eigenvalue weighted by molar-refractivity contribution is 0.108. The first-order valence-corrected chi connectivity index (χ1v) is 10.2. The number of thioether (sulfide) groups is 1. The van der Waals surface area contributed by atoms with E-state index in [-0.39, 0.29) is 0 Å². The molecule has 7 heteroatoms. The zero-order chi connectivity index (χ0) is 18.5. The van der Waals surface area contributed by atoms with Crippen LogP contribution in [0.1, 0.15) is 22.4 Å². The number of rotatable bonds is 5. The molecule has 0 N–H and O–H groups in total. The highest BCUT2D eigenvalue weighted by Gasteiger charge is 2.26. The molecule has 0 aliphatic carbocycles. The van der Waals surface area contributed by atoms with Gasteiger partial charge in [-0.15, -0.1) is 11.8 Å². The van der Waals surface area contributed by atoms with Gasteiger partial charge in [-0.05, 0) is 30.5 Å². The Labute approximate surface area is 163 Å². The van der Waals surface area contributed by atoms with Crippen molar-refractivity contribution in [3.05, 3.63) is 46.8 Å². The van der Waals surface area contributed by atoms with Crippen LogP contribution in [-0.2, 0) is 28.9 Å². The van der Waals surface area contributed by atoms with Crippen LogP contribution in [0.3, 0.4) is 0 Å². The number of morpholine rings is 1. The van der Waals surface area contributed by atoms with Gasteiger partial charge in [0.2, 0.25) is 0 Å². The summed E-state index contributed by atoms with van der Waals surface area (Å²) in [6.07, 6.45) is 3.44. The summed E-state index contributed by atoms with van der Waals surface area (Å²) < 4.78 is 11.2. The molecule has 0 amide bonds. The van der Waals surface area contributed by atoms with Crippen molar-refractivity contribution in [1.82, 2.24) is 9.97 Å². The van der Waals surface area contributed by atoms with Crippen molar-refractivity contribution in [3.8, 4) is 6.07 Å². The number of pyridine rings is 2. The summed E-state index contributed by atoms with van der Waals surface area (Å²) in [5.74, 6) is 1.81. The smallest absolute Gasteiger partial charge is 0.135 e. The molecule has 0 atom stereocenters. The molecule has 4 rings (SSSR count). The molecule has 0 spiro atoms. The number of hydrogen-bond acceptors (Lipinski definition) is 7. The average molecular weight is 382 g/mol. The van der Waals surface area contributed by atoms with Crippen molar-refractivity contribution in [1.29, 1.82) is 5.26 Å². The van der Waals surface area contributed by atoms with Crippen LogP contribution in [0.15, 0.2) is 29.4 Å². The van der Waals surface area contributed by atoms with E-state index < -0.39 is 0 Å². The molecule has 2 aliphatic rings. The first-order chi connectivity index (χ1) is 13.4. The van der Waals surface area contributed by atoms with Crippen LogP contribution in [0.5, 0.6) is 0 Å². The molecule has 2 aliphatic heterocycles. The minimum atomic E-state index is 0.530. The van der Waals surface area contributed by atoms with E-state index in [2.05, 4.69) is 16.0 Å². The first-order valence-electron chi connectivity index (χ1n) is 9.26. The van der Waals surface area contributed by atoms with E-state index in [4.69, 9.17) is 14.5 Å². The molecule has 1 fully saturated rings. The SMILES string of the molecule is N#Cc1c(SCCc2ccccn2)nc(N2CCOCC2)c2c1CCOC2. The van der Waals surface area contributed by atoms with E-state index in [1.165, 1.54) is 0 Å². The van der Waals surface area contributed by atoms with E-state index in [1.54, 1.807) is 11.8 Å². The minimum Gasteiger partial charge on any atom is -0.378 e. The lowest BCUT2D eigenvalue weighted by atomic mass is 9.99. The van der Waals surface area contributed by atoms with Gasteiger partial charge in [-0.1, -0.05) is 6.07 Å². The van der Waals surface area contributed by atoms with E-state index in [0.29, 0.717) is 26.4 Å². The normalized spacial score (nSPS) is 16.6. The summed E-state index contributed by atoms with van der Waals surface area (Å²) in [7, 11) is 0. The van der Waals surface area contributed by atoms with Crippen molar-refractivity contribution in [2.45, 2.75) is 24.5 Å². The molecule has 27 heavy (non-hydrogen) atoms. The number of ether oxygens (including phenoxy) is 2. The Hall–Kier alpha value is -2.14. The Kier molecular flexibility index (Phi) is 5.87. The number of fused-ring (bicyclic) bond motifs is 1. The van der Waals surface area contributed by atoms with Gasteiger partial charge in [-0.25, -0.2) is 4.98 Å². The highest BCUT2D eigenvalue weighted by Crippen LogP contribution is 2.35. The Morgan fingerprint density at radius 1 is 1.15 bits per heavy atom. The van der Waals surface area contributed by atoms with Gasteiger partial charge in [-0.2, -0.15) is 5.26 Å². The summed E-state index contributed by atoms with van der Waals surface area (Å²) in [6.45, 7) is 4.25. The van der Waals surface area contributed by atoms with E-state index >= 15 is 0 Å². The maximum atomic E-state index is 9.80. The molecule has 4 heterocycles. The monoisotopic (exact) mass is 382 g/mol. The van der Waals surface area contributed by atoms with Crippen LogP contribution in [0.4, 0.5) is 5.82 Å². The number of aromatic nitrogens is 2. The molecule has 0 unspecified atom stereocenters. The highest BCUT2D eigenvalue weighted by atomic mass is 32.2. The molecule has 140 valence electrons. The van der Waals surface area contributed by atoms with Crippen LogP contribution in [-0.4, -0.2) is 48.6 Å². The third kappa shape index (κ3) is 4.08. The first kappa shape index (κ1) is 18.2. The fourth-order valence-electron chi connectivity index (χ4n) is 3.47. The molecule has 2 aromatic heterocycles. The summed E-state index contributed by atoms with van der Waals surface area (Å²) in [6, 6.07) is 8.36. The van der Waals surface area contributed by atoms with Crippen molar-refractivity contribution in [2.24, 2.45) is 0 Å². The molecular weight excluding hydrogens is 360 g/mol. The zero-order valence-electron chi connectivity index (χ0n) is 15.2. The maximum Gasteiger partial charge on any atom is 0.135 e. The fourth-order valence-corrected chi connectivity index (χ4v) is 4.43. The Bertz CT molecular complexity index is 832. The summed E-state index contributed by atoms with van der Waals surface area (Å²) in [5.41, 5.74) is 3.97. The molecule has 0 radical (unpaired) electrons. The molecule has 1 saturated heterocycles. The van der Waals surface area contributed by atoms with Gasteiger partial charge >= 0.3 is 0 Å². The van der Waals surface area contributed by atoms with Crippen LogP contribution in [0, 0.1) is 11.3 Å². The van der Waals surface area contributed by atoms with Crippen molar-refractivity contribution < 1.29 is 9.47 Å². The van der Waals surface area contributed by atoms with Gasteiger partial charge < -0.3 is 14.4 Å². The second-order valence-corrected chi connectivity index (χ2v) is 7.59. The lowest BCUT2D eigenvalue weighted by Gasteiger charge is -2.32. The fraction of sp³-hybridized carbons (Fsp3) is 0.450. The Balaban J connectivity index is 1.62. The summed E-state index contributed by atoms with van der Waals surface area (Å²) >= 11 is 1.65. The van der Waals surface area contributed by atoms with Crippen LogP contribution >= 0.6 is 11.8 Å². The third-order valence-corrected chi connectivity index (χ3v) is 5.82. The van der Waals surface area contributed by atoms with Gasteiger partial charge in [0.1, 0.15) is 16.9 Å². The predicted molar refractivity (Wildman–Crippen MR) is 104 cm³/mol. The van der Waals surface area contributed by atoms with Gasteiger partial charge in [0, 0.05) is 36.3 Å². The molecule has 0 saturated carbocycles. The van der Waals surface area contributed by atoms with E-state index in [9.17, 15) is 5.26 Å². The second-order valence-electron chi connectivity index (χ2n) is 6.51. The van der Waals surface area contributed by atoms with Crippen molar-refractivity contribution in [2.75, 3.05) is 43.6 Å². The molecular formula is C20H22N4O2S. The van der Waals surface area contributed by atoms with Gasteiger partial charge in [0.25, 0.3) is 0 Å². The Morgan fingerprint density at radius 2 is 2.04 bits per heavy atom. The quantitative estimate of drug-likeness (QED) is 0.736. The van der Waals surface area contributed by atoms with Crippen LogP contribution in [0.25, 0.3) is 0 Å². The summed E-state index contributed by atoms with van der Waals surface area (Å²) in [4.78, 5) is 11.6. The highest BCUT2D eigenvalue weighted by molar-refractivity contribution is 7.99. The molecule has 0 bridgehead atoms. The average Bonchev–Trinajstić information content (AvgIpc) is 2.74. The van der Waals surface area contributed by atoms with Crippen LogP contribution < -0.4 is 4.90 Å². The standard InChI is InChI=1S/C20H22N4O2S/c21-13-17-16-4-9-26-14-18(16)19(24-7-10-25-11-8-24)23-20(17)27-12-5-15-3-1-2-6-22-15/h1-3,6H,4-5,7-12,14H2. The Morgan fingerprint density at radius 3 is 2.81 bits per heavy atom. The minimum absolute atomic E-state index is 0.530. The van der Waals surface area contributed by atoms with Crippen molar-refractivity contribution in [3.63, 3.8) is 0 Å². The number of hydrogen-bond donors (Lipinski definition) is 0. The van der Waals surface area contributed by atoms with E-state index in [1.807, 2.05) is 24.4 Å². The number of nitriles is 1. The topological polar surface area (TPSA) is 71.3 Å². The zero-order valence-corrected chi connectivity index (χ0v) is 16.0. The number of anilines is 1. The molecule has 6 nitrogen and oxygen atoms in total. The molecule has 0 aromatic carbocycles. The van der Waals surface area contributed by atoms with E-state index in [0.717, 1.165) is 64.9 Å². The second kappa shape index (κ2) is 8.70. The molecule has 2 aromatic rings. The number of nitrogens with zero attached hydrogens (tertiary/aromatic N) is 4.